The molecule has 2 aromatic carbocycles. The smallest absolute Gasteiger partial charge is 0.308 e. The van der Waals surface area contributed by atoms with Crippen molar-refractivity contribution in [2.24, 2.45) is 0 Å². The number of benzene rings is 2. The predicted molar refractivity (Wildman–Crippen MR) is 77.8 cm³/mol. The van der Waals surface area contributed by atoms with E-state index in [9.17, 15) is 20.1 Å². The second-order valence-corrected chi connectivity index (χ2v) is 4.74. The third kappa shape index (κ3) is 3.32. The Morgan fingerprint density at radius 1 is 1.14 bits per heavy atom. The average Bonchev–Trinajstić information content (AvgIpc) is 2.47. The minimum Gasteiger partial charge on any atom is -0.507 e. The predicted octanol–water partition coefficient (Wildman–Crippen LogP) is 1.89. The molecule has 0 radical (unpaired) electrons. The summed E-state index contributed by atoms with van der Waals surface area (Å²) in [4.78, 5) is 11.4. The molecule has 0 saturated carbocycles. The number of hydrogen-bond acceptors (Lipinski definition) is 5. The Kier molecular flexibility index (Phi) is 4.77. The Balaban J connectivity index is 2.29. The first-order valence-electron chi connectivity index (χ1n) is 6.77. The summed E-state index contributed by atoms with van der Waals surface area (Å²) in [7, 11) is 0. The lowest BCUT2D eigenvalue weighted by molar-refractivity contribution is -0.147. The molecule has 0 aliphatic carbocycles. The highest BCUT2D eigenvalue weighted by Gasteiger charge is 2.24. The minimum atomic E-state index is -1.27. The molecule has 0 bridgehead atoms. The SMILES string of the molecule is CCOC(=O)CC(O)C(O)c1ccc(O)c2ccccc12. The topological polar surface area (TPSA) is 87.0 Å². The number of phenols is 1. The molecular formula is C16H18O5. The highest BCUT2D eigenvalue weighted by atomic mass is 16.5. The van der Waals surface area contributed by atoms with Crippen LogP contribution in [0.1, 0.15) is 25.0 Å². The number of carbonyl (C=O) groups is 1. The Labute approximate surface area is 122 Å². The highest BCUT2D eigenvalue weighted by molar-refractivity contribution is 5.91. The maximum Gasteiger partial charge on any atom is 0.308 e. The Morgan fingerprint density at radius 2 is 1.81 bits per heavy atom. The number of aromatic hydroxyl groups is 1. The van der Waals surface area contributed by atoms with Gasteiger partial charge in [0.25, 0.3) is 0 Å². The zero-order chi connectivity index (χ0) is 15.4. The van der Waals surface area contributed by atoms with Crippen molar-refractivity contribution in [1.29, 1.82) is 0 Å². The molecule has 0 amide bonds. The summed E-state index contributed by atoms with van der Waals surface area (Å²) in [6.07, 6.45) is -2.79. The van der Waals surface area contributed by atoms with E-state index < -0.39 is 18.2 Å². The van der Waals surface area contributed by atoms with Crippen LogP contribution in [0.3, 0.4) is 0 Å². The number of ether oxygens (including phenoxy) is 1. The van der Waals surface area contributed by atoms with E-state index in [1.54, 1.807) is 31.2 Å². The van der Waals surface area contributed by atoms with Gasteiger partial charge < -0.3 is 20.1 Å². The second-order valence-electron chi connectivity index (χ2n) is 4.74. The molecule has 5 nitrogen and oxygen atoms in total. The molecule has 0 aromatic heterocycles. The molecule has 2 aromatic rings. The molecule has 112 valence electrons. The first kappa shape index (κ1) is 15.3. The van der Waals surface area contributed by atoms with E-state index in [2.05, 4.69) is 0 Å². The van der Waals surface area contributed by atoms with Crippen molar-refractivity contribution < 1.29 is 24.9 Å². The van der Waals surface area contributed by atoms with E-state index in [1.807, 2.05) is 0 Å². The van der Waals surface area contributed by atoms with Gasteiger partial charge in [-0.15, -0.1) is 0 Å². The summed E-state index contributed by atoms with van der Waals surface area (Å²) in [5.41, 5.74) is 0.459. The van der Waals surface area contributed by atoms with Gasteiger partial charge in [0.05, 0.1) is 19.1 Å². The monoisotopic (exact) mass is 290 g/mol. The van der Waals surface area contributed by atoms with Crippen molar-refractivity contribution in [1.82, 2.24) is 0 Å². The number of rotatable bonds is 5. The number of hydrogen-bond donors (Lipinski definition) is 3. The van der Waals surface area contributed by atoms with Crippen LogP contribution in [0.2, 0.25) is 0 Å². The minimum absolute atomic E-state index is 0.0985. The van der Waals surface area contributed by atoms with Gasteiger partial charge in [-0.1, -0.05) is 30.3 Å². The molecule has 0 aliphatic heterocycles. The van der Waals surface area contributed by atoms with E-state index in [-0.39, 0.29) is 18.8 Å². The number of esters is 1. The van der Waals surface area contributed by atoms with Gasteiger partial charge in [-0.05, 0) is 23.9 Å². The lowest BCUT2D eigenvalue weighted by Gasteiger charge is -2.19. The quantitative estimate of drug-likeness (QED) is 0.732. The van der Waals surface area contributed by atoms with E-state index in [1.165, 1.54) is 12.1 Å². The van der Waals surface area contributed by atoms with Gasteiger partial charge in [-0.2, -0.15) is 0 Å². The lowest BCUT2D eigenvalue weighted by Crippen LogP contribution is -2.23. The number of phenolic OH excluding ortho intramolecular Hbond substituents is 1. The van der Waals surface area contributed by atoms with Crippen LogP contribution in [-0.2, 0) is 9.53 Å². The van der Waals surface area contributed by atoms with Crippen molar-refractivity contribution in [2.75, 3.05) is 6.61 Å². The van der Waals surface area contributed by atoms with Gasteiger partial charge in [0.2, 0.25) is 0 Å². The normalized spacial score (nSPS) is 13.9. The molecule has 2 atom stereocenters. The molecule has 0 fully saturated rings. The fourth-order valence-corrected chi connectivity index (χ4v) is 2.27. The first-order valence-corrected chi connectivity index (χ1v) is 6.77. The highest BCUT2D eigenvalue weighted by Crippen LogP contribution is 2.32. The summed E-state index contributed by atoms with van der Waals surface area (Å²) < 4.78 is 4.76. The van der Waals surface area contributed by atoms with Crippen molar-refractivity contribution >= 4 is 16.7 Å². The number of carbonyl (C=O) groups excluding carboxylic acids is 1. The van der Waals surface area contributed by atoms with E-state index in [0.717, 1.165) is 0 Å². The summed E-state index contributed by atoms with van der Waals surface area (Å²) >= 11 is 0. The van der Waals surface area contributed by atoms with Gasteiger partial charge in [-0.3, -0.25) is 4.79 Å². The molecule has 0 heterocycles. The van der Waals surface area contributed by atoms with Gasteiger partial charge in [-0.25, -0.2) is 0 Å². The summed E-state index contributed by atoms with van der Waals surface area (Å²) in [6, 6.07) is 10.0. The van der Waals surface area contributed by atoms with Crippen LogP contribution < -0.4 is 0 Å². The van der Waals surface area contributed by atoms with Gasteiger partial charge in [0.15, 0.2) is 0 Å². The Hall–Kier alpha value is -2.11. The number of fused-ring (bicyclic) bond motifs is 1. The molecule has 2 rings (SSSR count). The third-order valence-electron chi connectivity index (χ3n) is 3.30. The standard InChI is InChI=1S/C16H18O5/c1-2-21-15(19)9-14(18)16(20)12-7-8-13(17)11-6-4-3-5-10(11)12/h3-8,14,16-18,20H,2,9H2,1H3. The van der Waals surface area contributed by atoms with Crippen LogP contribution in [0.25, 0.3) is 10.8 Å². The van der Waals surface area contributed by atoms with E-state index in [0.29, 0.717) is 16.3 Å². The van der Waals surface area contributed by atoms with Crippen LogP contribution >= 0.6 is 0 Å². The first-order chi connectivity index (χ1) is 10.0. The number of aliphatic hydroxyl groups excluding tert-OH is 2. The van der Waals surface area contributed by atoms with Crippen molar-refractivity contribution in [3.63, 3.8) is 0 Å². The van der Waals surface area contributed by atoms with Crippen LogP contribution in [0.15, 0.2) is 36.4 Å². The van der Waals surface area contributed by atoms with Crippen LogP contribution in [0.4, 0.5) is 0 Å². The van der Waals surface area contributed by atoms with Gasteiger partial charge in [0.1, 0.15) is 11.9 Å². The fraction of sp³-hybridized carbons (Fsp3) is 0.312. The van der Waals surface area contributed by atoms with Crippen LogP contribution in [-0.4, -0.2) is 34.0 Å². The van der Waals surface area contributed by atoms with Crippen molar-refractivity contribution in [3.8, 4) is 5.75 Å². The second kappa shape index (κ2) is 6.56. The van der Waals surface area contributed by atoms with Gasteiger partial charge >= 0.3 is 5.97 Å². The molecule has 21 heavy (non-hydrogen) atoms. The zero-order valence-corrected chi connectivity index (χ0v) is 11.7. The Morgan fingerprint density at radius 3 is 2.48 bits per heavy atom. The molecule has 5 heteroatoms. The molecule has 0 aliphatic rings. The summed E-state index contributed by atoms with van der Waals surface area (Å²) in [5, 5.41) is 31.3. The van der Waals surface area contributed by atoms with E-state index >= 15 is 0 Å². The average molecular weight is 290 g/mol. The van der Waals surface area contributed by atoms with E-state index in [4.69, 9.17) is 4.74 Å². The summed E-state index contributed by atoms with van der Waals surface area (Å²) in [5.74, 6) is -0.464. The Bertz CT molecular complexity index is 638. The van der Waals surface area contributed by atoms with Crippen molar-refractivity contribution in [2.45, 2.75) is 25.6 Å². The van der Waals surface area contributed by atoms with Gasteiger partial charge in [0, 0.05) is 5.39 Å². The zero-order valence-electron chi connectivity index (χ0n) is 11.7. The largest absolute Gasteiger partial charge is 0.507 e. The summed E-state index contributed by atoms with van der Waals surface area (Å²) in [6.45, 7) is 1.90. The molecule has 3 N–H and O–H groups in total. The molecular weight excluding hydrogens is 272 g/mol. The van der Waals surface area contributed by atoms with Crippen molar-refractivity contribution in [3.05, 3.63) is 42.0 Å². The lowest BCUT2D eigenvalue weighted by atomic mass is 9.95. The third-order valence-corrected chi connectivity index (χ3v) is 3.30. The molecule has 0 saturated heterocycles. The van der Waals surface area contributed by atoms with Crippen LogP contribution in [0.5, 0.6) is 5.75 Å². The maximum atomic E-state index is 11.4. The number of aliphatic hydroxyl groups is 2. The maximum absolute atomic E-state index is 11.4. The van der Waals surface area contributed by atoms with Crippen LogP contribution in [0, 0.1) is 0 Å². The molecule has 2 unspecified atom stereocenters. The molecule has 0 spiro atoms. The fourth-order valence-electron chi connectivity index (χ4n) is 2.27.